The molecule has 11 rings (SSSR count). The lowest BCUT2D eigenvalue weighted by atomic mass is 9.84. The smallest absolute Gasteiger partial charge is 0.235 e. The molecule has 4 unspecified atom stereocenters. The lowest BCUT2D eigenvalue weighted by molar-refractivity contribution is -0.0828. The Morgan fingerprint density at radius 1 is 0.641 bits per heavy atom. The van der Waals surface area contributed by atoms with E-state index in [4.69, 9.17) is 66.9 Å². The molecule has 64 heavy (non-hydrogen) atoms. The summed E-state index contributed by atoms with van der Waals surface area (Å²) in [6.45, 7) is 20.2. The van der Waals surface area contributed by atoms with Gasteiger partial charge in [-0.1, -0.05) is 59.1 Å². The topological polar surface area (TPSA) is 138 Å². The zero-order valence-corrected chi connectivity index (χ0v) is 38.3. The van der Waals surface area contributed by atoms with Gasteiger partial charge >= 0.3 is 0 Å². The molecule has 0 amide bonds. The van der Waals surface area contributed by atoms with E-state index in [2.05, 4.69) is 49.8 Å². The van der Waals surface area contributed by atoms with Gasteiger partial charge in [-0.25, -0.2) is 39.6 Å². The van der Waals surface area contributed by atoms with Crippen LogP contribution < -0.4 is 19.7 Å². The molecule has 0 radical (unpaired) electrons. The summed E-state index contributed by atoms with van der Waals surface area (Å²) in [5.74, 6) is 2.79. The summed E-state index contributed by atoms with van der Waals surface area (Å²) in [6.07, 6.45) is 6.36. The first-order chi connectivity index (χ1) is 30.8. The molecule has 326 valence electrons. The zero-order chi connectivity index (χ0) is 43.0. The van der Waals surface area contributed by atoms with Crippen LogP contribution in [0.15, 0.2) is 72.2 Å². The van der Waals surface area contributed by atoms with E-state index in [1.54, 1.807) is 54.3 Å². The Bertz CT molecular complexity index is 2870. The fourth-order valence-corrected chi connectivity index (χ4v) is 11.3. The third-order valence-electron chi connectivity index (χ3n) is 11.7. The molecular formula is C44H36Cl4N10O4S2. The number of anilines is 1. The predicted octanol–water partition coefficient (Wildman–Crippen LogP) is 10.1. The lowest BCUT2D eigenvalue weighted by Gasteiger charge is -2.46. The molecule has 14 nitrogen and oxygen atoms in total. The number of benzene rings is 2. The summed E-state index contributed by atoms with van der Waals surface area (Å²) in [5, 5.41) is 9.06. The van der Waals surface area contributed by atoms with Gasteiger partial charge in [-0.3, -0.25) is 0 Å². The summed E-state index contributed by atoms with van der Waals surface area (Å²) in [5.41, 5.74) is 6.15. The summed E-state index contributed by atoms with van der Waals surface area (Å²) < 4.78 is 26.3. The molecule has 7 aromatic rings. The monoisotopic (exact) mass is 972 g/mol. The summed E-state index contributed by atoms with van der Waals surface area (Å²) in [4.78, 5) is 35.7. The molecule has 5 aromatic heterocycles. The van der Waals surface area contributed by atoms with Gasteiger partial charge in [0.25, 0.3) is 0 Å². The van der Waals surface area contributed by atoms with Crippen molar-refractivity contribution in [1.29, 1.82) is 0 Å². The fraction of sp³-hybridized carbons (Fsp3) is 0.318. The number of nitrogens with one attached hydrogen (secondary N) is 1. The van der Waals surface area contributed by atoms with Gasteiger partial charge in [0.05, 0.1) is 68.0 Å². The molecule has 4 saturated heterocycles. The second-order valence-corrected chi connectivity index (χ2v) is 18.6. The van der Waals surface area contributed by atoms with E-state index < -0.39 is 0 Å². The first kappa shape index (κ1) is 44.2. The van der Waals surface area contributed by atoms with Crippen LogP contribution in [0.4, 0.5) is 17.3 Å². The normalized spacial score (nSPS) is 22.4. The quantitative estimate of drug-likeness (QED) is 0.152. The number of aromatic nitrogens is 6. The summed E-state index contributed by atoms with van der Waals surface area (Å²) in [6, 6.07) is 10.6. The average molecular weight is 975 g/mol. The molecule has 4 bridgehead atoms. The average Bonchev–Trinajstić information content (AvgIpc) is 3.93. The Morgan fingerprint density at radius 3 is 1.58 bits per heavy atom. The van der Waals surface area contributed by atoms with Gasteiger partial charge < -0.3 is 29.2 Å². The molecule has 0 saturated carbocycles. The highest BCUT2D eigenvalue weighted by Gasteiger charge is 2.43. The first-order valence-corrected chi connectivity index (χ1v) is 23.0. The summed E-state index contributed by atoms with van der Waals surface area (Å²) >= 11 is 21.9. The van der Waals surface area contributed by atoms with Crippen molar-refractivity contribution >= 4 is 108 Å². The lowest BCUT2D eigenvalue weighted by Crippen LogP contribution is -2.58. The van der Waals surface area contributed by atoms with E-state index in [1.165, 1.54) is 17.7 Å². The number of halogens is 4. The van der Waals surface area contributed by atoms with Gasteiger partial charge in [0, 0.05) is 92.9 Å². The van der Waals surface area contributed by atoms with Gasteiger partial charge in [0.1, 0.15) is 34.3 Å². The van der Waals surface area contributed by atoms with Crippen molar-refractivity contribution in [3.05, 3.63) is 110 Å². The van der Waals surface area contributed by atoms with Crippen molar-refractivity contribution in [2.45, 2.75) is 12.2 Å². The first-order valence-electron chi connectivity index (χ1n) is 20.1. The second-order valence-electron chi connectivity index (χ2n) is 15.6. The molecule has 2 aromatic carbocycles. The van der Waals surface area contributed by atoms with Gasteiger partial charge in [0.15, 0.2) is 11.4 Å². The van der Waals surface area contributed by atoms with Gasteiger partial charge in [0.2, 0.25) is 17.7 Å². The van der Waals surface area contributed by atoms with Crippen LogP contribution in [0.3, 0.4) is 0 Å². The van der Waals surface area contributed by atoms with Gasteiger partial charge in [-0.05, 0) is 12.1 Å². The highest BCUT2D eigenvalue weighted by Crippen LogP contribution is 2.43. The Kier molecular flexibility index (Phi) is 13.3. The molecule has 4 atom stereocenters. The van der Waals surface area contributed by atoms with Crippen LogP contribution >= 0.6 is 69.9 Å². The molecule has 0 spiro atoms. The number of thiophene rings is 2. The zero-order valence-electron chi connectivity index (χ0n) is 33.6. The van der Waals surface area contributed by atoms with Crippen LogP contribution in [0.5, 0.6) is 11.8 Å². The number of hydrogen-bond acceptors (Lipinski definition) is 14. The molecule has 1 N–H and O–H groups in total. The highest BCUT2D eigenvalue weighted by molar-refractivity contribution is 7.18. The fourth-order valence-electron chi connectivity index (χ4n) is 8.72. The van der Waals surface area contributed by atoms with Crippen LogP contribution in [0.1, 0.15) is 0 Å². The van der Waals surface area contributed by atoms with E-state index >= 15 is 0 Å². The Hall–Kier alpha value is -4.98. The van der Waals surface area contributed by atoms with E-state index in [1.807, 2.05) is 22.9 Å². The number of nitrogens with zero attached hydrogens (tertiary/aromatic N) is 9. The van der Waals surface area contributed by atoms with E-state index in [9.17, 15) is 0 Å². The van der Waals surface area contributed by atoms with Crippen molar-refractivity contribution in [2.24, 2.45) is 23.7 Å². The molecule has 9 heterocycles. The third kappa shape index (κ3) is 8.75. The summed E-state index contributed by atoms with van der Waals surface area (Å²) in [7, 11) is 0. The predicted molar refractivity (Wildman–Crippen MR) is 252 cm³/mol. The molecule has 4 aliphatic heterocycles. The maximum Gasteiger partial charge on any atom is 0.235 e. The van der Waals surface area contributed by atoms with Crippen molar-refractivity contribution < 1.29 is 18.9 Å². The number of fused-ring (bicyclic) bond motifs is 6. The SMILES string of the molecule is Cl.[C-]#[N+]c1ccc(-c2csc3c(OC4C5CNCC4COC5)ncnc23)c(Cl)c1.[C-]#[N+]c1ccc(-c2csc3c(OC4C5COCC4CN(c4ncc(Cl)cn4)C5)ncnc23)c(Cl)c1. The molecule has 4 aliphatic rings. The molecule has 0 aliphatic carbocycles. The minimum absolute atomic E-state index is 0. The number of rotatable bonds is 7. The minimum Gasteiger partial charge on any atom is -0.472 e. The second kappa shape index (κ2) is 19.2. The number of piperidine rings is 2. The van der Waals surface area contributed by atoms with Crippen LogP contribution in [0, 0.1) is 36.8 Å². The van der Waals surface area contributed by atoms with Crippen LogP contribution in [0.2, 0.25) is 15.1 Å². The van der Waals surface area contributed by atoms with E-state index in [0.29, 0.717) is 82.4 Å². The van der Waals surface area contributed by atoms with Crippen molar-refractivity contribution in [1.82, 2.24) is 35.2 Å². The van der Waals surface area contributed by atoms with Crippen molar-refractivity contribution in [2.75, 3.05) is 57.5 Å². The number of ether oxygens (including phenoxy) is 4. The van der Waals surface area contributed by atoms with E-state index in [0.717, 1.165) is 68.9 Å². The van der Waals surface area contributed by atoms with Crippen LogP contribution in [-0.2, 0) is 9.47 Å². The maximum absolute atomic E-state index is 7.20. The number of hydrogen-bond donors (Lipinski definition) is 1. The van der Waals surface area contributed by atoms with Crippen LogP contribution in [-0.4, -0.2) is 94.7 Å². The van der Waals surface area contributed by atoms with Gasteiger partial charge in [-0.15, -0.1) is 35.1 Å². The Balaban J connectivity index is 0.000000163. The van der Waals surface area contributed by atoms with E-state index in [-0.39, 0.29) is 36.5 Å². The van der Waals surface area contributed by atoms with Crippen LogP contribution in [0.25, 0.3) is 52.4 Å². The standard InChI is InChI=1S/C24H18Cl2N6O2S.C20H17ClN4O2S.ClH/c1-27-16-2-3-17(19(26)4-16)18-11-35-22-20(18)30-12-31-23(22)34-21-13-7-32(8-14(21)10-33-9-13)24-28-5-15(25)6-29-24;1-22-13-2-3-14(16(21)4-13)15-9-28-19-17(15)24-10-25-20(19)27-18-11-5-23-6-12(18)8-26-7-11;/h2-6,11-14,21H,7-10H2;2-4,9-12,18,23H,5-8H2;1H. The van der Waals surface area contributed by atoms with Crippen molar-refractivity contribution in [3.8, 4) is 34.0 Å². The van der Waals surface area contributed by atoms with Gasteiger partial charge in [-0.2, -0.15) is 0 Å². The Labute approximate surface area is 396 Å². The Morgan fingerprint density at radius 2 is 1.11 bits per heavy atom. The maximum atomic E-state index is 7.20. The third-order valence-corrected chi connectivity index (χ3v) is 14.4. The molecule has 20 heteroatoms. The van der Waals surface area contributed by atoms with Crippen molar-refractivity contribution in [3.63, 3.8) is 0 Å². The molecular weight excluding hydrogens is 938 g/mol. The highest BCUT2D eigenvalue weighted by atomic mass is 35.5. The molecule has 4 fully saturated rings. The largest absolute Gasteiger partial charge is 0.472 e. The minimum atomic E-state index is -0.0440.